The fourth-order valence-corrected chi connectivity index (χ4v) is 2.38. The Kier molecular flexibility index (Phi) is 5.07. The first kappa shape index (κ1) is 14.2. The van der Waals surface area contributed by atoms with Gasteiger partial charge in [-0.25, -0.2) is 0 Å². The Morgan fingerprint density at radius 1 is 1.32 bits per heavy atom. The van der Waals surface area contributed by atoms with Gasteiger partial charge in [-0.1, -0.05) is 0 Å². The highest BCUT2D eigenvalue weighted by molar-refractivity contribution is 5.75. The molecule has 0 atom stereocenters. The van der Waals surface area contributed by atoms with Crippen LogP contribution >= 0.6 is 0 Å². The Bertz CT molecular complexity index is 411. The van der Waals surface area contributed by atoms with Crippen molar-refractivity contribution in [1.29, 1.82) is 0 Å². The molecule has 106 valence electrons. The molecular formula is C13H22N4O2. The van der Waals surface area contributed by atoms with Gasteiger partial charge in [0, 0.05) is 59.6 Å². The van der Waals surface area contributed by atoms with Gasteiger partial charge >= 0.3 is 0 Å². The second-order valence-electron chi connectivity index (χ2n) is 4.93. The van der Waals surface area contributed by atoms with E-state index in [0.717, 1.165) is 57.9 Å². The van der Waals surface area contributed by atoms with Crippen molar-refractivity contribution >= 4 is 6.29 Å². The van der Waals surface area contributed by atoms with Crippen LogP contribution in [0.15, 0.2) is 6.20 Å². The van der Waals surface area contributed by atoms with E-state index in [0.29, 0.717) is 5.56 Å². The average Bonchev–Trinajstić information content (AvgIpc) is 2.78. The molecule has 0 unspecified atom stereocenters. The van der Waals surface area contributed by atoms with E-state index in [4.69, 9.17) is 4.74 Å². The van der Waals surface area contributed by atoms with Gasteiger partial charge in [0.05, 0.1) is 17.9 Å². The predicted molar refractivity (Wildman–Crippen MR) is 72.2 cm³/mol. The molecule has 0 saturated carbocycles. The molecule has 0 spiro atoms. The zero-order valence-corrected chi connectivity index (χ0v) is 11.7. The predicted octanol–water partition coefficient (Wildman–Crippen LogP) is -0.00340. The number of aromatic nitrogens is 2. The number of carbonyl (C=O) groups is 1. The second-order valence-corrected chi connectivity index (χ2v) is 4.93. The molecule has 19 heavy (non-hydrogen) atoms. The lowest BCUT2D eigenvalue weighted by molar-refractivity contribution is 0.0928. The van der Waals surface area contributed by atoms with Crippen LogP contribution in [0.2, 0.25) is 0 Å². The zero-order valence-electron chi connectivity index (χ0n) is 11.7. The molecule has 0 bridgehead atoms. The zero-order chi connectivity index (χ0) is 13.7. The van der Waals surface area contributed by atoms with Crippen molar-refractivity contribution in [3.63, 3.8) is 0 Å². The molecule has 1 aromatic rings. The van der Waals surface area contributed by atoms with Gasteiger partial charge in [-0.3, -0.25) is 19.3 Å². The van der Waals surface area contributed by atoms with Gasteiger partial charge in [-0.2, -0.15) is 5.10 Å². The average molecular weight is 266 g/mol. The van der Waals surface area contributed by atoms with Crippen molar-refractivity contribution < 1.29 is 9.53 Å². The first-order chi connectivity index (χ1) is 9.22. The molecule has 0 aliphatic carbocycles. The fraction of sp³-hybridized carbons (Fsp3) is 0.692. The molecule has 6 heteroatoms. The standard InChI is InChI=1S/C13H22N4O2/c1-15-9-12(11-18)13(14-15)10-17-5-3-16(4-6-17)7-8-19-2/h9,11H,3-8,10H2,1-2H3. The fourth-order valence-electron chi connectivity index (χ4n) is 2.38. The van der Waals surface area contributed by atoms with E-state index in [9.17, 15) is 4.79 Å². The van der Waals surface area contributed by atoms with Crippen LogP contribution in [0.3, 0.4) is 0 Å². The maximum atomic E-state index is 11.0. The normalized spacial score (nSPS) is 17.8. The molecule has 2 heterocycles. The van der Waals surface area contributed by atoms with Crippen LogP contribution in [0.4, 0.5) is 0 Å². The molecular weight excluding hydrogens is 244 g/mol. The molecule has 1 saturated heterocycles. The summed E-state index contributed by atoms with van der Waals surface area (Å²) in [6, 6.07) is 0. The smallest absolute Gasteiger partial charge is 0.153 e. The lowest BCUT2D eigenvalue weighted by Gasteiger charge is -2.34. The van der Waals surface area contributed by atoms with Crippen LogP contribution in [0.1, 0.15) is 16.1 Å². The number of hydrogen-bond donors (Lipinski definition) is 0. The minimum atomic E-state index is 0.698. The topological polar surface area (TPSA) is 50.6 Å². The summed E-state index contributed by atoms with van der Waals surface area (Å²) in [6.45, 7) is 6.66. The highest BCUT2D eigenvalue weighted by atomic mass is 16.5. The van der Waals surface area contributed by atoms with Crippen LogP contribution < -0.4 is 0 Å². The maximum absolute atomic E-state index is 11.0. The molecule has 0 aromatic carbocycles. The van der Waals surface area contributed by atoms with Crippen LogP contribution in [-0.4, -0.2) is 72.3 Å². The number of carbonyl (C=O) groups excluding carboxylic acids is 1. The van der Waals surface area contributed by atoms with Gasteiger partial charge in [0.25, 0.3) is 0 Å². The third kappa shape index (κ3) is 3.86. The number of nitrogens with zero attached hydrogens (tertiary/aromatic N) is 4. The van der Waals surface area contributed by atoms with E-state index in [1.165, 1.54) is 0 Å². The van der Waals surface area contributed by atoms with Crippen LogP contribution in [0.25, 0.3) is 0 Å². The molecule has 0 radical (unpaired) electrons. The Labute approximate surface area is 113 Å². The molecule has 0 N–H and O–H groups in total. The van der Waals surface area contributed by atoms with E-state index < -0.39 is 0 Å². The first-order valence-electron chi connectivity index (χ1n) is 6.64. The lowest BCUT2D eigenvalue weighted by Crippen LogP contribution is -2.46. The summed E-state index contributed by atoms with van der Waals surface area (Å²) in [7, 11) is 3.58. The van der Waals surface area contributed by atoms with Crippen molar-refractivity contribution in [1.82, 2.24) is 19.6 Å². The van der Waals surface area contributed by atoms with Gasteiger partial charge in [-0.05, 0) is 0 Å². The van der Waals surface area contributed by atoms with Crippen LogP contribution in [0, 0.1) is 0 Å². The van der Waals surface area contributed by atoms with Crippen molar-refractivity contribution in [2.75, 3.05) is 46.4 Å². The monoisotopic (exact) mass is 266 g/mol. The summed E-state index contributed by atoms with van der Waals surface area (Å²) in [4.78, 5) is 15.7. The Morgan fingerprint density at radius 3 is 2.63 bits per heavy atom. The number of methoxy groups -OCH3 is 1. The first-order valence-corrected chi connectivity index (χ1v) is 6.64. The Hall–Kier alpha value is -1.24. The molecule has 1 fully saturated rings. The number of aldehydes is 1. The van der Waals surface area contributed by atoms with Gasteiger partial charge < -0.3 is 4.74 Å². The lowest BCUT2D eigenvalue weighted by atomic mass is 10.2. The van der Waals surface area contributed by atoms with Crippen LogP contribution in [-0.2, 0) is 18.3 Å². The Morgan fingerprint density at radius 2 is 2.00 bits per heavy atom. The van der Waals surface area contributed by atoms with Crippen molar-refractivity contribution in [2.45, 2.75) is 6.54 Å². The second kappa shape index (κ2) is 6.79. The van der Waals surface area contributed by atoms with Crippen LogP contribution in [0.5, 0.6) is 0 Å². The molecule has 1 aliphatic rings. The SMILES string of the molecule is COCCN1CCN(Cc2nn(C)cc2C=O)CC1. The summed E-state index contributed by atoms with van der Waals surface area (Å²) in [5.41, 5.74) is 1.58. The minimum Gasteiger partial charge on any atom is -0.383 e. The van der Waals surface area contributed by atoms with Crippen molar-refractivity contribution in [2.24, 2.45) is 7.05 Å². The highest BCUT2D eigenvalue weighted by Crippen LogP contribution is 2.10. The molecule has 1 aromatic heterocycles. The largest absolute Gasteiger partial charge is 0.383 e. The van der Waals surface area contributed by atoms with Gasteiger partial charge in [0.1, 0.15) is 0 Å². The van der Waals surface area contributed by atoms with Gasteiger partial charge in [-0.15, -0.1) is 0 Å². The quantitative estimate of drug-likeness (QED) is 0.678. The summed E-state index contributed by atoms with van der Waals surface area (Å²) >= 11 is 0. The highest BCUT2D eigenvalue weighted by Gasteiger charge is 2.18. The summed E-state index contributed by atoms with van der Waals surface area (Å²) in [6.07, 6.45) is 2.66. The number of piperazine rings is 1. The third-order valence-electron chi connectivity index (χ3n) is 3.51. The number of aryl methyl sites for hydroxylation is 1. The summed E-state index contributed by atoms with van der Waals surface area (Å²) < 4.78 is 6.80. The van der Waals surface area contributed by atoms with E-state index in [2.05, 4.69) is 14.9 Å². The minimum absolute atomic E-state index is 0.698. The third-order valence-corrected chi connectivity index (χ3v) is 3.51. The maximum Gasteiger partial charge on any atom is 0.153 e. The number of rotatable bonds is 6. The van der Waals surface area contributed by atoms with Crippen molar-refractivity contribution in [3.8, 4) is 0 Å². The molecule has 2 rings (SSSR count). The van der Waals surface area contributed by atoms with Gasteiger partial charge in [0.2, 0.25) is 0 Å². The van der Waals surface area contributed by atoms with E-state index in [1.54, 1.807) is 18.0 Å². The number of hydrogen-bond acceptors (Lipinski definition) is 5. The van der Waals surface area contributed by atoms with E-state index >= 15 is 0 Å². The summed E-state index contributed by atoms with van der Waals surface area (Å²) in [5.74, 6) is 0. The van der Waals surface area contributed by atoms with E-state index in [1.807, 2.05) is 7.05 Å². The Balaban J connectivity index is 1.83. The molecule has 0 amide bonds. The summed E-state index contributed by atoms with van der Waals surface area (Å²) in [5, 5.41) is 4.35. The number of ether oxygens (including phenoxy) is 1. The van der Waals surface area contributed by atoms with E-state index in [-0.39, 0.29) is 0 Å². The molecule has 1 aliphatic heterocycles. The van der Waals surface area contributed by atoms with Crippen molar-refractivity contribution in [3.05, 3.63) is 17.5 Å². The van der Waals surface area contributed by atoms with Gasteiger partial charge in [0.15, 0.2) is 6.29 Å². The molecule has 6 nitrogen and oxygen atoms in total.